The van der Waals surface area contributed by atoms with Crippen molar-refractivity contribution in [2.75, 3.05) is 18.0 Å². The topological polar surface area (TPSA) is 57.9 Å². The summed E-state index contributed by atoms with van der Waals surface area (Å²) in [5.41, 5.74) is 4.19. The van der Waals surface area contributed by atoms with E-state index >= 15 is 0 Å². The molecule has 4 aromatic rings. The summed E-state index contributed by atoms with van der Waals surface area (Å²) in [6.45, 7) is 3.98. The standard InChI is InChI=1S/C32H30N4O2S2/c1-22-9-8-16-35-28(22)33-29(34-17-14-24(15-18-34)19-23-10-4-2-5-11-23)26(30(35)37)20-27-31(38)36(32(39)40-27)21-25-12-6-3-7-13-25/h2-13,16,20,24H,14-15,17-19,21H2,1H3/b27-20-. The molecule has 2 fully saturated rings. The third kappa shape index (κ3) is 5.33. The van der Waals surface area contributed by atoms with Crippen molar-refractivity contribution in [3.8, 4) is 0 Å². The van der Waals surface area contributed by atoms with Gasteiger partial charge >= 0.3 is 0 Å². The second-order valence-corrected chi connectivity index (χ2v) is 12.1. The molecule has 2 saturated heterocycles. The number of fused-ring (bicyclic) bond motifs is 1. The average Bonchev–Trinajstić information content (AvgIpc) is 3.23. The Morgan fingerprint density at radius 1 is 0.950 bits per heavy atom. The molecule has 0 N–H and O–H groups in total. The highest BCUT2D eigenvalue weighted by Crippen LogP contribution is 2.35. The van der Waals surface area contributed by atoms with Crippen molar-refractivity contribution in [3.05, 3.63) is 117 Å². The molecule has 2 aromatic heterocycles. The molecule has 40 heavy (non-hydrogen) atoms. The minimum Gasteiger partial charge on any atom is -0.356 e. The fourth-order valence-electron chi connectivity index (χ4n) is 5.50. The third-order valence-electron chi connectivity index (χ3n) is 7.68. The van der Waals surface area contributed by atoms with E-state index in [4.69, 9.17) is 17.2 Å². The number of hydrogen-bond acceptors (Lipinski definition) is 6. The van der Waals surface area contributed by atoms with Crippen molar-refractivity contribution in [2.24, 2.45) is 5.92 Å². The molecular weight excluding hydrogens is 537 g/mol. The number of nitrogens with zero attached hydrogens (tertiary/aromatic N) is 4. The number of hydrogen-bond donors (Lipinski definition) is 0. The van der Waals surface area contributed by atoms with Crippen LogP contribution in [0.25, 0.3) is 11.7 Å². The number of pyridine rings is 1. The maximum atomic E-state index is 13.9. The number of aromatic nitrogens is 2. The molecule has 4 heterocycles. The molecule has 0 unspecified atom stereocenters. The van der Waals surface area contributed by atoms with E-state index in [9.17, 15) is 9.59 Å². The van der Waals surface area contributed by atoms with Crippen molar-refractivity contribution >= 4 is 51.7 Å². The van der Waals surface area contributed by atoms with E-state index in [1.807, 2.05) is 49.4 Å². The number of thioether (sulfide) groups is 1. The number of piperidine rings is 1. The predicted molar refractivity (Wildman–Crippen MR) is 166 cm³/mol. The van der Waals surface area contributed by atoms with Crippen molar-refractivity contribution in [2.45, 2.75) is 32.7 Å². The fraction of sp³-hybridized carbons (Fsp3) is 0.250. The second kappa shape index (κ2) is 11.4. The summed E-state index contributed by atoms with van der Waals surface area (Å²) in [4.78, 5) is 36.6. The SMILES string of the molecule is Cc1cccn2c(=O)c(/C=C3\SC(=S)N(Cc4ccccc4)C3=O)c(N3CCC(Cc4ccccc4)CC3)nc12. The third-order valence-corrected chi connectivity index (χ3v) is 9.06. The second-order valence-electron chi connectivity index (χ2n) is 10.4. The zero-order chi connectivity index (χ0) is 27.6. The molecule has 0 bridgehead atoms. The molecule has 2 aliphatic heterocycles. The van der Waals surface area contributed by atoms with E-state index < -0.39 is 0 Å². The number of carbonyl (C=O) groups is 1. The molecule has 6 rings (SSSR count). The molecule has 2 aromatic carbocycles. The van der Waals surface area contributed by atoms with Gasteiger partial charge in [-0.25, -0.2) is 4.98 Å². The van der Waals surface area contributed by atoms with Gasteiger partial charge in [0, 0.05) is 19.3 Å². The van der Waals surface area contributed by atoms with E-state index in [0.29, 0.717) is 38.7 Å². The van der Waals surface area contributed by atoms with Crippen LogP contribution in [0.15, 0.2) is 88.7 Å². The first kappa shape index (κ1) is 26.5. The van der Waals surface area contributed by atoms with Gasteiger partial charge in [0.05, 0.1) is 17.0 Å². The number of benzene rings is 2. The van der Waals surface area contributed by atoms with E-state index in [0.717, 1.165) is 43.5 Å². The van der Waals surface area contributed by atoms with E-state index in [-0.39, 0.29) is 11.5 Å². The first-order valence-electron chi connectivity index (χ1n) is 13.6. The van der Waals surface area contributed by atoms with Gasteiger partial charge in [-0.15, -0.1) is 0 Å². The Bertz CT molecular complexity index is 1660. The van der Waals surface area contributed by atoms with Crippen molar-refractivity contribution in [1.82, 2.24) is 14.3 Å². The maximum Gasteiger partial charge on any atom is 0.267 e. The molecule has 0 saturated carbocycles. The van der Waals surface area contributed by atoms with Crippen LogP contribution in [0.2, 0.25) is 0 Å². The van der Waals surface area contributed by atoms with Crippen LogP contribution in [-0.4, -0.2) is 37.6 Å². The lowest BCUT2D eigenvalue weighted by Crippen LogP contribution is -2.37. The quantitative estimate of drug-likeness (QED) is 0.215. The summed E-state index contributed by atoms with van der Waals surface area (Å²) in [5.74, 6) is 1.05. The van der Waals surface area contributed by atoms with Gasteiger partial charge in [-0.2, -0.15) is 0 Å². The first-order valence-corrected chi connectivity index (χ1v) is 14.8. The van der Waals surface area contributed by atoms with Crippen LogP contribution in [0.4, 0.5) is 5.82 Å². The Kier molecular flexibility index (Phi) is 7.54. The number of carbonyl (C=O) groups excluding carboxylic acids is 1. The van der Waals surface area contributed by atoms with Crippen molar-refractivity contribution in [3.63, 3.8) is 0 Å². The number of anilines is 1. The van der Waals surface area contributed by atoms with Crippen LogP contribution in [0.3, 0.4) is 0 Å². The molecular formula is C32H30N4O2S2. The van der Waals surface area contributed by atoms with Gasteiger partial charge in [-0.3, -0.25) is 18.9 Å². The van der Waals surface area contributed by atoms with Gasteiger partial charge in [0.1, 0.15) is 15.8 Å². The van der Waals surface area contributed by atoms with Crippen LogP contribution in [0.1, 0.15) is 35.1 Å². The van der Waals surface area contributed by atoms with Crippen LogP contribution in [0, 0.1) is 12.8 Å². The van der Waals surface area contributed by atoms with E-state index in [1.165, 1.54) is 17.3 Å². The normalized spacial score (nSPS) is 17.4. The Balaban J connectivity index is 1.32. The lowest BCUT2D eigenvalue weighted by molar-refractivity contribution is -0.122. The molecule has 0 spiro atoms. The maximum absolute atomic E-state index is 13.9. The summed E-state index contributed by atoms with van der Waals surface area (Å²) in [6.07, 6.45) is 6.54. The van der Waals surface area contributed by atoms with Gasteiger partial charge in [-0.05, 0) is 60.9 Å². The molecule has 202 valence electrons. The average molecular weight is 567 g/mol. The summed E-state index contributed by atoms with van der Waals surface area (Å²) in [7, 11) is 0. The zero-order valence-corrected chi connectivity index (χ0v) is 24.0. The minimum absolute atomic E-state index is 0.177. The van der Waals surface area contributed by atoms with Crippen LogP contribution in [0.5, 0.6) is 0 Å². The Labute approximate surface area is 243 Å². The summed E-state index contributed by atoms with van der Waals surface area (Å²) in [6, 6.07) is 24.2. The molecule has 6 nitrogen and oxygen atoms in total. The Morgan fingerprint density at radius 2 is 1.62 bits per heavy atom. The van der Waals surface area contributed by atoms with Gasteiger partial charge in [0.25, 0.3) is 11.5 Å². The first-order chi connectivity index (χ1) is 19.5. The van der Waals surface area contributed by atoms with Gasteiger partial charge in [0.2, 0.25) is 0 Å². The fourth-order valence-corrected chi connectivity index (χ4v) is 6.73. The highest BCUT2D eigenvalue weighted by atomic mass is 32.2. The van der Waals surface area contributed by atoms with Crippen molar-refractivity contribution in [1.29, 1.82) is 0 Å². The van der Waals surface area contributed by atoms with Gasteiger partial charge < -0.3 is 4.90 Å². The monoisotopic (exact) mass is 566 g/mol. The summed E-state index contributed by atoms with van der Waals surface area (Å²) >= 11 is 6.82. The molecule has 2 aliphatic rings. The number of rotatable bonds is 6. The number of aryl methyl sites for hydroxylation is 1. The largest absolute Gasteiger partial charge is 0.356 e. The van der Waals surface area contributed by atoms with Crippen LogP contribution >= 0.6 is 24.0 Å². The van der Waals surface area contributed by atoms with Crippen LogP contribution < -0.4 is 10.5 Å². The summed E-state index contributed by atoms with van der Waals surface area (Å²) < 4.78 is 2.07. The highest BCUT2D eigenvalue weighted by molar-refractivity contribution is 8.26. The molecule has 1 amide bonds. The number of amides is 1. The van der Waals surface area contributed by atoms with E-state index in [1.54, 1.807) is 21.6 Å². The Morgan fingerprint density at radius 3 is 2.33 bits per heavy atom. The minimum atomic E-state index is -0.180. The molecule has 0 aliphatic carbocycles. The molecule has 0 atom stereocenters. The Hall–Kier alpha value is -3.75. The van der Waals surface area contributed by atoms with Gasteiger partial charge in [0.15, 0.2) is 0 Å². The zero-order valence-electron chi connectivity index (χ0n) is 22.3. The summed E-state index contributed by atoms with van der Waals surface area (Å²) in [5, 5.41) is 0. The smallest absolute Gasteiger partial charge is 0.267 e. The number of thiocarbonyl (C=S) groups is 1. The van der Waals surface area contributed by atoms with E-state index in [2.05, 4.69) is 35.2 Å². The highest BCUT2D eigenvalue weighted by Gasteiger charge is 2.33. The lowest BCUT2D eigenvalue weighted by atomic mass is 9.90. The lowest BCUT2D eigenvalue weighted by Gasteiger charge is -2.33. The predicted octanol–water partition coefficient (Wildman–Crippen LogP) is 5.86. The molecule has 8 heteroatoms. The van der Waals surface area contributed by atoms with Gasteiger partial charge in [-0.1, -0.05) is 90.7 Å². The van der Waals surface area contributed by atoms with Crippen molar-refractivity contribution < 1.29 is 4.79 Å². The molecule has 0 radical (unpaired) electrons. The van der Waals surface area contributed by atoms with Crippen LogP contribution in [-0.2, 0) is 17.8 Å².